The third-order valence-electron chi connectivity index (χ3n) is 3.64. The molecule has 1 aliphatic rings. The maximum Gasteiger partial charge on any atom is 0.244 e. The highest BCUT2D eigenvalue weighted by Crippen LogP contribution is 2.30. The van der Waals surface area contributed by atoms with Crippen LogP contribution in [0.15, 0.2) is 59.5 Å². The topological polar surface area (TPSA) is 37.4 Å². The molecule has 0 aromatic heterocycles. The van der Waals surface area contributed by atoms with Crippen LogP contribution >= 0.6 is 11.8 Å². The maximum atomic E-state index is 12.6. The maximum absolute atomic E-state index is 12.6. The molecule has 110 valence electrons. The average Bonchev–Trinajstić information content (AvgIpc) is 2.95. The van der Waals surface area contributed by atoms with Crippen LogP contribution in [0.1, 0.15) is 6.92 Å². The molecule has 1 unspecified atom stereocenters. The van der Waals surface area contributed by atoms with Gasteiger partial charge in [-0.1, -0.05) is 42.5 Å². The Morgan fingerprint density at radius 3 is 2.19 bits per heavy atom. The highest BCUT2D eigenvalue weighted by molar-refractivity contribution is 8.01. The second kappa shape index (κ2) is 5.83. The predicted octanol–water partition coefficient (Wildman–Crippen LogP) is 3.44. The number of sulfonamides is 1. The first-order chi connectivity index (χ1) is 10.1. The lowest BCUT2D eigenvalue weighted by molar-refractivity contribution is 0.442. The van der Waals surface area contributed by atoms with Gasteiger partial charge in [-0.2, -0.15) is 4.31 Å². The van der Waals surface area contributed by atoms with Crippen molar-refractivity contribution < 1.29 is 8.42 Å². The summed E-state index contributed by atoms with van der Waals surface area (Å²) in [6.07, 6.45) is 0. The monoisotopic (exact) mass is 319 g/mol. The largest absolute Gasteiger partial charge is 0.244 e. The van der Waals surface area contributed by atoms with Crippen molar-refractivity contribution >= 4 is 21.8 Å². The second-order valence-corrected chi connectivity index (χ2v) is 8.29. The van der Waals surface area contributed by atoms with E-state index in [2.05, 4.69) is 0 Å². The van der Waals surface area contributed by atoms with Gasteiger partial charge in [-0.05, 0) is 30.2 Å². The Hall–Kier alpha value is -1.30. The highest BCUT2D eigenvalue weighted by atomic mass is 32.2. The van der Waals surface area contributed by atoms with E-state index in [1.807, 2.05) is 49.4 Å². The van der Waals surface area contributed by atoms with E-state index in [9.17, 15) is 8.42 Å². The van der Waals surface area contributed by atoms with Gasteiger partial charge in [0, 0.05) is 12.3 Å². The molecule has 1 heterocycles. The first-order valence-corrected chi connectivity index (χ1v) is 9.37. The summed E-state index contributed by atoms with van der Waals surface area (Å²) >= 11 is 1.67. The Morgan fingerprint density at radius 2 is 1.62 bits per heavy atom. The molecule has 1 aliphatic heterocycles. The smallest absolute Gasteiger partial charge is 0.207 e. The normalized spacial score (nSPS) is 19.8. The molecule has 1 saturated heterocycles. The number of rotatable bonds is 3. The van der Waals surface area contributed by atoms with Gasteiger partial charge < -0.3 is 0 Å². The molecule has 21 heavy (non-hydrogen) atoms. The Balaban J connectivity index is 1.91. The highest BCUT2D eigenvalue weighted by Gasteiger charge is 2.32. The minimum absolute atomic E-state index is 0.0174. The minimum Gasteiger partial charge on any atom is -0.207 e. The minimum atomic E-state index is -3.37. The summed E-state index contributed by atoms with van der Waals surface area (Å²) in [7, 11) is -3.37. The molecule has 2 aromatic rings. The zero-order valence-electron chi connectivity index (χ0n) is 11.8. The molecular weight excluding hydrogens is 302 g/mol. The van der Waals surface area contributed by atoms with Gasteiger partial charge in [-0.25, -0.2) is 8.42 Å². The third-order valence-corrected chi connectivity index (χ3v) is 6.92. The summed E-state index contributed by atoms with van der Waals surface area (Å²) in [4.78, 5) is 0.372. The quantitative estimate of drug-likeness (QED) is 0.870. The molecule has 3 nitrogen and oxygen atoms in total. The first kappa shape index (κ1) is 14.6. The molecule has 0 aliphatic carbocycles. The van der Waals surface area contributed by atoms with Crippen molar-refractivity contribution in [2.45, 2.75) is 17.2 Å². The molecule has 1 fully saturated rings. The number of hydrogen-bond acceptors (Lipinski definition) is 3. The average molecular weight is 319 g/mol. The Bertz CT molecular complexity index is 712. The lowest BCUT2D eigenvalue weighted by Gasteiger charge is -2.20. The summed E-state index contributed by atoms with van der Waals surface area (Å²) in [5.74, 6) is 0.864. The van der Waals surface area contributed by atoms with Crippen molar-refractivity contribution in [1.29, 1.82) is 0 Å². The summed E-state index contributed by atoms with van der Waals surface area (Å²) in [6, 6.07) is 17.1. The van der Waals surface area contributed by atoms with Crippen LogP contribution in [0.2, 0.25) is 0 Å². The number of hydrogen-bond donors (Lipinski definition) is 0. The Kier molecular flexibility index (Phi) is 4.06. The third kappa shape index (κ3) is 2.86. The summed E-state index contributed by atoms with van der Waals surface area (Å²) in [6.45, 7) is 2.53. The van der Waals surface area contributed by atoms with Gasteiger partial charge in [0.2, 0.25) is 10.0 Å². The number of nitrogens with zero attached hydrogens (tertiary/aromatic N) is 1. The van der Waals surface area contributed by atoms with E-state index >= 15 is 0 Å². The van der Waals surface area contributed by atoms with E-state index in [4.69, 9.17) is 0 Å². The van der Waals surface area contributed by atoms with Crippen LogP contribution in [0.25, 0.3) is 11.1 Å². The fourth-order valence-corrected chi connectivity index (χ4v) is 5.51. The molecule has 0 saturated carbocycles. The molecular formula is C16H17NO2S2. The predicted molar refractivity (Wildman–Crippen MR) is 87.7 cm³/mol. The van der Waals surface area contributed by atoms with E-state index in [1.165, 1.54) is 0 Å². The Labute approximate surface area is 130 Å². The van der Waals surface area contributed by atoms with Crippen molar-refractivity contribution in [2.24, 2.45) is 0 Å². The molecule has 3 rings (SSSR count). The van der Waals surface area contributed by atoms with E-state index in [0.717, 1.165) is 16.9 Å². The fourth-order valence-electron chi connectivity index (χ4n) is 2.48. The van der Waals surface area contributed by atoms with Gasteiger partial charge in [0.05, 0.1) is 10.3 Å². The zero-order chi connectivity index (χ0) is 14.9. The van der Waals surface area contributed by atoms with Crippen molar-refractivity contribution in [3.63, 3.8) is 0 Å². The molecule has 0 bridgehead atoms. The molecule has 0 radical (unpaired) electrons. The van der Waals surface area contributed by atoms with Crippen LogP contribution < -0.4 is 0 Å². The van der Waals surface area contributed by atoms with Gasteiger partial charge >= 0.3 is 0 Å². The molecule has 1 atom stereocenters. The van der Waals surface area contributed by atoms with Crippen molar-refractivity contribution in [3.05, 3.63) is 54.6 Å². The summed E-state index contributed by atoms with van der Waals surface area (Å²) < 4.78 is 26.8. The van der Waals surface area contributed by atoms with Crippen LogP contribution in [0.4, 0.5) is 0 Å². The van der Waals surface area contributed by atoms with Gasteiger partial charge in [-0.15, -0.1) is 11.8 Å². The summed E-state index contributed by atoms with van der Waals surface area (Å²) in [5, 5.41) is 0.0174. The molecule has 0 amide bonds. The van der Waals surface area contributed by atoms with Crippen LogP contribution in [0.3, 0.4) is 0 Å². The zero-order valence-corrected chi connectivity index (χ0v) is 13.4. The van der Waals surface area contributed by atoms with E-state index < -0.39 is 10.0 Å². The molecule has 0 N–H and O–H groups in total. The SMILES string of the molecule is CC1SCCN1S(=O)(=O)c1ccc(-c2ccccc2)cc1. The number of thioether (sulfide) groups is 1. The summed E-state index contributed by atoms with van der Waals surface area (Å²) in [5.41, 5.74) is 2.12. The first-order valence-electron chi connectivity index (χ1n) is 6.88. The van der Waals surface area contributed by atoms with E-state index in [0.29, 0.717) is 11.4 Å². The van der Waals surface area contributed by atoms with Crippen LogP contribution in [-0.2, 0) is 10.0 Å². The lowest BCUT2D eigenvalue weighted by Crippen LogP contribution is -2.33. The van der Waals surface area contributed by atoms with E-state index in [-0.39, 0.29) is 5.37 Å². The van der Waals surface area contributed by atoms with Crippen LogP contribution in [0.5, 0.6) is 0 Å². The van der Waals surface area contributed by atoms with Crippen molar-refractivity contribution in [2.75, 3.05) is 12.3 Å². The molecule has 5 heteroatoms. The van der Waals surface area contributed by atoms with Gasteiger partial charge in [-0.3, -0.25) is 0 Å². The van der Waals surface area contributed by atoms with Gasteiger partial charge in [0.25, 0.3) is 0 Å². The van der Waals surface area contributed by atoms with Crippen LogP contribution in [0, 0.1) is 0 Å². The second-order valence-electron chi connectivity index (χ2n) is 4.98. The Morgan fingerprint density at radius 1 is 1.00 bits per heavy atom. The lowest BCUT2D eigenvalue weighted by atomic mass is 10.1. The molecule has 2 aromatic carbocycles. The van der Waals surface area contributed by atoms with Gasteiger partial charge in [0.1, 0.15) is 0 Å². The van der Waals surface area contributed by atoms with Crippen molar-refractivity contribution in [1.82, 2.24) is 4.31 Å². The van der Waals surface area contributed by atoms with Crippen molar-refractivity contribution in [3.8, 4) is 11.1 Å². The van der Waals surface area contributed by atoms with Gasteiger partial charge in [0.15, 0.2) is 0 Å². The standard InChI is InChI=1S/C16H17NO2S2/c1-13-17(11-12-20-13)21(18,19)16-9-7-15(8-10-16)14-5-3-2-4-6-14/h2-10,13H,11-12H2,1H3. The molecule has 0 spiro atoms. The van der Waals surface area contributed by atoms with Crippen LogP contribution in [-0.4, -0.2) is 30.4 Å². The van der Waals surface area contributed by atoms with E-state index in [1.54, 1.807) is 28.2 Å². The number of benzene rings is 2. The fraction of sp³-hybridized carbons (Fsp3) is 0.250.